The third kappa shape index (κ3) is 2.83. The van der Waals surface area contributed by atoms with E-state index in [2.05, 4.69) is 36.2 Å². The number of ether oxygens (including phenoxy) is 2. The van der Waals surface area contributed by atoms with E-state index >= 15 is 0 Å². The van der Waals surface area contributed by atoms with Gasteiger partial charge in [0.05, 0.1) is 12.7 Å². The molecule has 104 valence electrons. The second-order valence-corrected chi connectivity index (χ2v) is 5.83. The first-order valence-corrected chi connectivity index (χ1v) is 7.27. The topological polar surface area (TPSA) is 21.7 Å². The fourth-order valence-corrected chi connectivity index (χ4v) is 3.34. The molecule has 0 aromatic heterocycles. The summed E-state index contributed by atoms with van der Waals surface area (Å²) in [5, 5.41) is 0. The third-order valence-electron chi connectivity index (χ3n) is 4.33. The molecule has 1 aromatic carbocycles. The smallest absolute Gasteiger partial charge is 0.107 e. The second-order valence-electron chi connectivity index (χ2n) is 5.83. The lowest BCUT2D eigenvalue weighted by atomic mass is 9.87. The minimum Gasteiger partial charge on any atom is -0.371 e. The lowest BCUT2D eigenvalue weighted by molar-refractivity contribution is -0.156. The normalized spacial score (nSPS) is 31.9. The van der Waals surface area contributed by atoms with E-state index in [9.17, 15) is 0 Å². The molecule has 0 aliphatic carbocycles. The van der Waals surface area contributed by atoms with E-state index in [1.165, 1.54) is 12.0 Å². The summed E-state index contributed by atoms with van der Waals surface area (Å²) < 4.78 is 12.3. The molecule has 2 atom stereocenters. The van der Waals surface area contributed by atoms with Crippen LogP contribution in [0.5, 0.6) is 0 Å². The third-order valence-corrected chi connectivity index (χ3v) is 4.33. The van der Waals surface area contributed by atoms with Gasteiger partial charge in [0, 0.05) is 19.7 Å². The van der Waals surface area contributed by atoms with Crippen LogP contribution in [0.1, 0.15) is 24.8 Å². The molecular formula is C16H23NO2. The largest absolute Gasteiger partial charge is 0.371 e. The number of rotatable bonds is 3. The van der Waals surface area contributed by atoms with E-state index in [4.69, 9.17) is 9.47 Å². The zero-order chi connectivity index (χ0) is 13.1. The maximum absolute atomic E-state index is 6.20. The van der Waals surface area contributed by atoms with Gasteiger partial charge in [0.15, 0.2) is 0 Å². The number of likely N-dealkylation sites (N-methyl/N-ethyl adjacent to an activating group) is 1. The molecule has 2 saturated heterocycles. The predicted molar refractivity (Wildman–Crippen MR) is 75.1 cm³/mol. The fourth-order valence-electron chi connectivity index (χ4n) is 3.34. The molecule has 2 aliphatic heterocycles. The van der Waals surface area contributed by atoms with Gasteiger partial charge in [-0.1, -0.05) is 30.3 Å². The van der Waals surface area contributed by atoms with Crippen LogP contribution in [0.15, 0.2) is 30.3 Å². The molecule has 0 unspecified atom stereocenters. The number of benzene rings is 1. The Morgan fingerprint density at radius 1 is 1.37 bits per heavy atom. The Bertz CT molecular complexity index is 400. The van der Waals surface area contributed by atoms with Gasteiger partial charge in [0.25, 0.3) is 0 Å². The van der Waals surface area contributed by atoms with E-state index in [0.29, 0.717) is 6.61 Å². The van der Waals surface area contributed by atoms with Gasteiger partial charge in [-0.15, -0.1) is 0 Å². The fraction of sp³-hybridized carbons (Fsp3) is 0.625. The van der Waals surface area contributed by atoms with E-state index in [-0.39, 0.29) is 11.7 Å². The molecule has 0 amide bonds. The van der Waals surface area contributed by atoms with Gasteiger partial charge in [0.1, 0.15) is 5.60 Å². The highest BCUT2D eigenvalue weighted by Crippen LogP contribution is 2.36. The van der Waals surface area contributed by atoms with Crippen LogP contribution in [0.4, 0.5) is 0 Å². The number of nitrogens with zero attached hydrogens (tertiary/aromatic N) is 1. The van der Waals surface area contributed by atoms with Crippen molar-refractivity contribution in [3.8, 4) is 0 Å². The first-order chi connectivity index (χ1) is 9.28. The number of likely N-dealkylation sites (tertiary alicyclic amines) is 1. The summed E-state index contributed by atoms with van der Waals surface area (Å²) in [4.78, 5) is 2.37. The Morgan fingerprint density at radius 2 is 2.21 bits per heavy atom. The molecule has 0 saturated carbocycles. The standard InChI is InChI=1S/C16H23NO2/c1-17-10-8-15(16(13-17)9-5-11-19-16)18-12-14-6-3-2-4-7-14/h2-4,6-7,15H,5,8-13H2,1H3/t15-,16-/m0/s1. The van der Waals surface area contributed by atoms with Crippen LogP contribution in [-0.4, -0.2) is 43.3 Å². The monoisotopic (exact) mass is 261 g/mol. The van der Waals surface area contributed by atoms with Gasteiger partial charge in [-0.3, -0.25) is 0 Å². The Morgan fingerprint density at radius 3 is 2.95 bits per heavy atom. The molecule has 19 heavy (non-hydrogen) atoms. The average Bonchev–Trinajstić information content (AvgIpc) is 2.88. The quantitative estimate of drug-likeness (QED) is 0.834. The summed E-state index contributed by atoms with van der Waals surface area (Å²) in [7, 11) is 2.18. The SMILES string of the molecule is CN1CC[C@H](OCc2ccccc2)[C@]2(CCCO2)C1. The minimum atomic E-state index is -0.0538. The van der Waals surface area contributed by atoms with Gasteiger partial charge >= 0.3 is 0 Å². The molecule has 1 spiro atoms. The molecule has 1 aromatic rings. The summed E-state index contributed by atoms with van der Waals surface area (Å²) in [6.07, 6.45) is 3.62. The van der Waals surface area contributed by atoms with Crippen molar-refractivity contribution in [3.05, 3.63) is 35.9 Å². The molecule has 2 fully saturated rings. The molecule has 0 bridgehead atoms. The summed E-state index contributed by atoms with van der Waals surface area (Å²) in [6, 6.07) is 10.4. The van der Waals surface area contributed by atoms with Crippen molar-refractivity contribution in [1.29, 1.82) is 0 Å². The molecule has 0 radical (unpaired) electrons. The summed E-state index contributed by atoms with van der Waals surface area (Å²) in [5.41, 5.74) is 1.19. The number of hydrogen-bond donors (Lipinski definition) is 0. The maximum Gasteiger partial charge on any atom is 0.107 e. The minimum absolute atomic E-state index is 0.0538. The van der Waals surface area contributed by atoms with Crippen molar-refractivity contribution in [1.82, 2.24) is 4.90 Å². The Balaban J connectivity index is 1.65. The highest BCUT2D eigenvalue weighted by Gasteiger charge is 2.46. The van der Waals surface area contributed by atoms with Gasteiger partial charge < -0.3 is 14.4 Å². The van der Waals surface area contributed by atoms with Crippen LogP contribution >= 0.6 is 0 Å². The van der Waals surface area contributed by atoms with Crippen LogP contribution in [0.3, 0.4) is 0 Å². The summed E-state index contributed by atoms with van der Waals surface area (Å²) in [6.45, 7) is 3.69. The molecule has 2 aliphatic rings. The summed E-state index contributed by atoms with van der Waals surface area (Å²) >= 11 is 0. The average molecular weight is 261 g/mol. The molecule has 2 heterocycles. The highest BCUT2D eigenvalue weighted by atomic mass is 16.6. The van der Waals surface area contributed by atoms with E-state index in [1.54, 1.807) is 0 Å². The Labute approximate surface area is 115 Å². The number of piperidine rings is 1. The van der Waals surface area contributed by atoms with Gasteiger partial charge in [-0.05, 0) is 31.9 Å². The summed E-state index contributed by atoms with van der Waals surface area (Å²) in [5.74, 6) is 0. The van der Waals surface area contributed by atoms with E-state index in [1.807, 2.05) is 6.07 Å². The Kier molecular flexibility index (Phi) is 3.87. The van der Waals surface area contributed by atoms with Crippen molar-refractivity contribution < 1.29 is 9.47 Å². The van der Waals surface area contributed by atoms with Gasteiger partial charge in [-0.25, -0.2) is 0 Å². The van der Waals surface area contributed by atoms with Crippen LogP contribution in [0, 0.1) is 0 Å². The second kappa shape index (κ2) is 5.61. The molecule has 3 nitrogen and oxygen atoms in total. The zero-order valence-electron chi connectivity index (χ0n) is 11.7. The molecule has 0 N–H and O–H groups in total. The highest BCUT2D eigenvalue weighted by molar-refractivity contribution is 5.13. The molecular weight excluding hydrogens is 238 g/mol. The maximum atomic E-state index is 6.20. The predicted octanol–water partition coefficient (Wildman–Crippen LogP) is 2.46. The lowest BCUT2D eigenvalue weighted by Gasteiger charge is -2.44. The van der Waals surface area contributed by atoms with Crippen LogP contribution in [-0.2, 0) is 16.1 Å². The first-order valence-electron chi connectivity index (χ1n) is 7.27. The van der Waals surface area contributed by atoms with E-state index in [0.717, 1.165) is 32.5 Å². The van der Waals surface area contributed by atoms with Crippen LogP contribution in [0.25, 0.3) is 0 Å². The number of hydrogen-bond acceptors (Lipinski definition) is 3. The van der Waals surface area contributed by atoms with Crippen molar-refractivity contribution in [3.63, 3.8) is 0 Å². The Hall–Kier alpha value is -0.900. The molecule has 3 heteroatoms. The molecule has 3 rings (SSSR count). The van der Waals surface area contributed by atoms with Crippen molar-refractivity contribution in [2.45, 2.75) is 37.6 Å². The van der Waals surface area contributed by atoms with Crippen molar-refractivity contribution in [2.75, 3.05) is 26.7 Å². The van der Waals surface area contributed by atoms with Crippen molar-refractivity contribution in [2.24, 2.45) is 0 Å². The van der Waals surface area contributed by atoms with Crippen LogP contribution in [0.2, 0.25) is 0 Å². The zero-order valence-corrected chi connectivity index (χ0v) is 11.7. The lowest BCUT2D eigenvalue weighted by Crippen LogP contribution is -2.56. The van der Waals surface area contributed by atoms with Crippen molar-refractivity contribution >= 4 is 0 Å². The van der Waals surface area contributed by atoms with Gasteiger partial charge in [0.2, 0.25) is 0 Å². The van der Waals surface area contributed by atoms with Crippen LogP contribution < -0.4 is 0 Å². The first kappa shape index (κ1) is 13.1. The van der Waals surface area contributed by atoms with E-state index < -0.39 is 0 Å². The van der Waals surface area contributed by atoms with Gasteiger partial charge in [-0.2, -0.15) is 0 Å².